The molecular weight excluding hydrogens is 1610 g/mol. The molecule has 0 amide bonds. The third kappa shape index (κ3) is 11.7. The number of fused-ring (bicyclic) bond motifs is 27. The molecule has 12 nitrogen and oxygen atoms in total. The molecule has 0 fully saturated rings. The molecule has 618 valence electrons. The normalized spacial score (nSPS) is 13.6. The first kappa shape index (κ1) is 76.8. The summed E-state index contributed by atoms with van der Waals surface area (Å²) >= 11 is 0. The average molecular weight is 1690 g/mol. The van der Waals surface area contributed by atoms with Gasteiger partial charge in [-0.1, -0.05) is 328 Å². The minimum absolute atomic E-state index is 0.641. The van der Waals surface area contributed by atoms with E-state index in [0.717, 1.165) is 152 Å². The van der Waals surface area contributed by atoms with Crippen LogP contribution in [0.3, 0.4) is 0 Å². The summed E-state index contributed by atoms with van der Waals surface area (Å²) in [4.78, 5) is 52.8. The maximum Gasteiger partial charge on any atom is 0.160 e. The van der Waals surface area contributed by atoms with Gasteiger partial charge in [-0.3, -0.25) is 15.0 Å². The lowest BCUT2D eigenvalue weighted by Crippen LogP contribution is -2.37. The van der Waals surface area contributed by atoms with E-state index in [2.05, 4.69) is 394 Å². The van der Waals surface area contributed by atoms with Crippen molar-refractivity contribution in [2.24, 2.45) is 0 Å². The Hall–Kier alpha value is -17.6. The molecule has 12 heteroatoms. The maximum absolute atomic E-state index is 5.55. The quantitative estimate of drug-likeness (QED) is 0.137. The van der Waals surface area contributed by atoms with Gasteiger partial charge in [0.05, 0.1) is 84.5 Å². The van der Waals surface area contributed by atoms with Crippen molar-refractivity contribution < 1.29 is 0 Å². The predicted molar refractivity (Wildman–Crippen MR) is 529 cm³/mol. The van der Waals surface area contributed by atoms with Gasteiger partial charge in [-0.25, -0.2) is 29.9 Å². The first-order chi connectivity index (χ1) is 65.6. The average Bonchev–Trinajstić information content (AvgIpc) is 1.50. The molecule has 27 rings (SSSR count). The molecule has 21 aromatic rings. The van der Waals surface area contributed by atoms with Gasteiger partial charge in [-0.2, -0.15) is 0 Å². The summed E-state index contributed by atoms with van der Waals surface area (Å²) in [6, 6.07) is 154. The number of nitrogens with zero attached hydrogens (tertiary/aromatic N) is 12. The molecule has 0 saturated carbocycles. The molecule has 3 aliphatic heterocycles. The second-order valence-corrected chi connectivity index (χ2v) is 33.7. The number of para-hydroxylation sites is 9. The zero-order valence-electron chi connectivity index (χ0n) is 71.4. The van der Waals surface area contributed by atoms with Crippen molar-refractivity contribution in [3.8, 4) is 101 Å². The standard InChI is InChI=1S/3C40H26N4/c1-3-14-27(15-4-1)39-42-37(28-16-13-25-41-26-28)36-30-19-7-8-20-31(30)40(38(36)43-39)32-21-9-11-23-34(32)44(29-17-5-2-6-18-29)35-24-12-10-22-33(35)40;1-3-13-28(14-4-1)39-42-37(27-23-25-41-26-24-27)36-38(43-39)30-17-7-8-18-31(30)40(36)32-19-9-11-21-34(32)44(29-15-5-2-6-16-29)35-22-12-10-20-33(35)40;1-3-13-28(14-4-1)39-42-37(27-23-25-41-26-24-27)36-30-17-7-8-18-31(30)40(38(36)43-39)32-19-9-11-21-34(32)44(29-15-5-2-6-16-29)35-22-12-10-20-33(35)40/h3*1-26H. The summed E-state index contributed by atoms with van der Waals surface area (Å²) in [7, 11) is 0. The summed E-state index contributed by atoms with van der Waals surface area (Å²) in [6.07, 6.45) is 11.1. The van der Waals surface area contributed by atoms with Crippen LogP contribution >= 0.6 is 0 Å². The van der Waals surface area contributed by atoms with Gasteiger partial charge in [0.15, 0.2) is 17.5 Å². The molecular formula is C120H78N12. The van der Waals surface area contributed by atoms with E-state index in [1.54, 1.807) is 0 Å². The third-order valence-corrected chi connectivity index (χ3v) is 26.9. The van der Waals surface area contributed by atoms with Crippen molar-refractivity contribution in [1.82, 2.24) is 44.9 Å². The van der Waals surface area contributed by atoms with Crippen LogP contribution in [-0.4, -0.2) is 44.9 Å². The summed E-state index contributed by atoms with van der Waals surface area (Å²) in [6.45, 7) is 0. The van der Waals surface area contributed by atoms with Crippen LogP contribution in [0.2, 0.25) is 0 Å². The molecule has 132 heavy (non-hydrogen) atoms. The Morgan fingerprint density at radius 3 is 0.795 bits per heavy atom. The Bertz CT molecular complexity index is 7570. The topological polar surface area (TPSA) is 126 Å². The van der Waals surface area contributed by atoms with Gasteiger partial charge in [0.2, 0.25) is 0 Å². The highest BCUT2D eigenvalue weighted by atomic mass is 15.2. The second-order valence-electron chi connectivity index (χ2n) is 33.7. The van der Waals surface area contributed by atoms with Gasteiger partial charge < -0.3 is 14.7 Å². The Morgan fingerprint density at radius 1 is 0.174 bits per heavy atom. The molecule has 0 saturated heterocycles. The molecule has 3 aliphatic carbocycles. The van der Waals surface area contributed by atoms with Crippen LogP contribution in [0.25, 0.3) is 101 Å². The number of pyridine rings is 3. The fraction of sp³-hybridized carbons (Fsp3) is 0.0250. The van der Waals surface area contributed by atoms with Crippen molar-refractivity contribution >= 4 is 51.2 Å². The first-order valence-electron chi connectivity index (χ1n) is 44.6. The van der Waals surface area contributed by atoms with Gasteiger partial charge in [-0.15, -0.1) is 0 Å². The minimum Gasteiger partial charge on any atom is -0.310 e. The second kappa shape index (κ2) is 31.5. The van der Waals surface area contributed by atoms with Crippen molar-refractivity contribution in [3.05, 3.63) is 541 Å². The summed E-state index contributed by atoms with van der Waals surface area (Å²) in [5.41, 5.74) is 37.5. The Morgan fingerprint density at radius 2 is 0.439 bits per heavy atom. The lowest BCUT2D eigenvalue weighted by atomic mass is 9.64. The van der Waals surface area contributed by atoms with Crippen molar-refractivity contribution in [2.75, 3.05) is 14.7 Å². The molecule has 0 unspecified atom stereocenters. The van der Waals surface area contributed by atoms with Crippen LogP contribution in [0.15, 0.2) is 474 Å². The van der Waals surface area contributed by atoms with E-state index in [-0.39, 0.29) is 0 Å². The predicted octanol–water partition coefficient (Wildman–Crippen LogP) is 28.1. The van der Waals surface area contributed by atoms with Crippen LogP contribution < -0.4 is 14.7 Å². The molecule has 0 radical (unpaired) electrons. The number of hydrogen-bond donors (Lipinski definition) is 0. The first-order valence-corrected chi connectivity index (χ1v) is 44.6. The highest BCUT2D eigenvalue weighted by molar-refractivity contribution is 6.03. The maximum atomic E-state index is 5.55. The van der Waals surface area contributed by atoms with Crippen molar-refractivity contribution in [3.63, 3.8) is 0 Å². The Labute approximate surface area is 764 Å². The monoisotopic (exact) mass is 1690 g/mol. The number of aromatic nitrogens is 9. The Kier molecular flexibility index (Phi) is 18.3. The van der Waals surface area contributed by atoms with E-state index in [4.69, 9.17) is 29.9 Å². The highest BCUT2D eigenvalue weighted by Gasteiger charge is 2.58. The molecule has 9 heterocycles. The lowest BCUT2D eigenvalue weighted by molar-refractivity contribution is 0.723. The summed E-state index contributed by atoms with van der Waals surface area (Å²) in [5.74, 6) is 2.13. The zero-order chi connectivity index (χ0) is 87.3. The van der Waals surface area contributed by atoms with E-state index in [0.29, 0.717) is 17.5 Å². The van der Waals surface area contributed by atoms with Crippen molar-refractivity contribution in [2.45, 2.75) is 16.2 Å². The van der Waals surface area contributed by atoms with Gasteiger partial charge in [0.1, 0.15) is 0 Å². The molecule has 0 N–H and O–H groups in total. The summed E-state index contributed by atoms with van der Waals surface area (Å²) < 4.78 is 0. The van der Waals surface area contributed by atoms with Gasteiger partial charge in [-0.05, 0) is 170 Å². The Balaban J connectivity index is 0.000000106. The number of rotatable bonds is 9. The van der Waals surface area contributed by atoms with E-state index in [1.165, 1.54) is 50.1 Å². The van der Waals surface area contributed by atoms with E-state index < -0.39 is 16.2 Å². The van der Waals surface area contributed by atoms with Crippen LogP contribution in [0.4, 0.5) is 51.2 Å². The molecule has 15 aromatic carbocycles. The van der Waals surface area contributed by atoms with Crippen LogP contribution in [0.5, 0.6) is 0 Å². The van der Waals surface area contributed by atoms with Gasteiger partial charge in [0, 0.05) is 110 Å². The van der Waals surface area contributed by atoms with E-state index >= 15 is 0 Å². The fourth-order valence-electron chi connectivity index (χ4n) is 21.7. The highest BCUT2D eigenvalue weighted by Crippen LogP contribution is 2.69. The van der Waals surface area contributed by atoms with Gasteiger partial charge >= 0.3 is 0 Å². The lowest BCUT2D eigenvalue weighted by Gasteiger charge is -2.45. The molecule has 3 spiro atoms. The molecule has 0 atom stereocenters. The minimum atomic E-state index is -0.659. The SMILES string of the molecule is c1ccc(-c2nc(-c3cccnc3)c3c(n2)C2(c4ccccc4-3)c3ccccc3N(c3ccccc3)c3ccccc32)cc1.c1ccc(-c2nc(-c3ccncc3)c3c(n2)-c2ccccc2C32c3ccccc3N(c3ccccc3)c3ccccc32)cc1.c1ccc(-c2nc(-c3ccncc3)c3c(n2)C2(c4ccccc4-3)c3ccccc3N(c3ccccc3)c3ccccc32)cc1. The largest absolute Gasteiger partial charge is 0.310 e. The fourth-order valence-corrected chi connectivity index (χ4v) is 21.7. The zero-order valence-corrected chi connectivity index (χ0v) is 71.4. The number of benzene rings is 15. The molecule has 6 aromatic heterocycles. The molecule has 0 bridgehead atoms. The molecule has 6 aliphatic rings. The third-order valence-electron chi connectivity index (χ3n) is 26.9. The van der Waals surface area contributed by atoms with Crippen LogP contribution in [0.1, 0.15) is 67.0 Å². The van der Waals surface area contributed by atoms with Crippen LogP contribution in [0, 0.1) is 0 Å². The smallest absolute Gasteiger partial charge is 0.160 e. The van der Waals surface area contributed by atoms with Crippen LogP contribution in [-0.2, 0) is 16.2 Å². The number of hydrogen-bond acceptors (Lipinski definition) is 12. The summed E-state index contributed by atoms with van der Waals surface area (Å²) in [5, 5.41) is 0. The number of anilines is 9. The van der Waals surface area contributed by atoms with Gasteiger partial charge in [0.25, 0.3) is 0 Å². The van der Waals surface area contributed by atoms with Crippen molar-refractivity contribution in [1.29, 1.82) is 0 Å². The van der Waals surface area contributed by atoms with E-state index in [1.807, 2.05) is 110 Å². The van der Waals surface area contributed by atoms with E-state index in [9.17, 15) is 0 Å².